The Morgan fingerprint density at radius 2 is 2.06 bits per heavy atom. The minimum atomic E-state index is 0.190. The first-order valence-corrected chi connectivity index (χ1v) is 7.14. The number of hydrogen-bond donors (Lipinski definition) is 1. The van der Waals surface area contributed by atoms with Crippen molar-refractivity contribution in [2.45, 2.75) is 44.6 Å². The number of Topliss-reactive ketones (excluding diaryl/α,β-unsaturated/α-hetero) is 1. The Balaban J connectivity index is 1.89. The lowest BCUT2D eigenvalue weighted by Gasteiger charge is -2.36. The largest absolute Gasteiger partial charge is 0.313 e. The van der Waals surface area contributed by atoms with E-state index in [4.69, 9.17) is 0 Å². The fourth-order valence-electron chi connectivity index (χ4n) is 3.53. The maximum absolute atomic E-state index is 12.6. The Morgan fingerprint density at radius 3 is 2.83 bits per heavy atom. The number of rotatable bonds is 1. The van der Waals surface area contributed by atoms with Crippen LogP contribution in [0.2, 0.25) is 0 Å². The van der Waals surface area contributed by atoms with Gasteiger partial charge in [-0.25, -0.2) is 0 Å². The highest BCUT2D eigenvalue weighted by atomic mass is 16.1. The standard InChI is InChI=1S/C16H21NO/c1-11-10-14(15-8-4-5-9-17-15)16(18)13-7-3-2-6-12(11)13/h2-3,6-7,11,14-15,17H,4-5,8-10H2,1H3. The number of benzene rings is 1. The lowest BCUT2D eigenvalue weighted by atomic mass is 9.72. The molecule has 0 bridgehead atoms. The van der Waals surface area contributed by atoms with Crippen LogP contribution < -0.4 is 5.32 Å². The van der Waals surface area contributed by atoms with Gasteiger partial charge in [0.1, 0.15) is 0 Å². The van der Waals surface area contributed by atoms with Crippen LogP contribution in [0.15, 0.2) is 24.3 Å². The van der Waals surface area contributed by atoms with Gasteiger partial charge in [-0.2, -0.15) is 0 Å². The van der Waals surface area contributed by atoms with Crippen molar-refractivity contribution in [2.75, 3.05) is 6.54 Å². The molecule has 1 aromatic rings. The van der Waals surface area contributed by atoms with Crippen LogP contribution in [0, 0.1) is 5.92 Å². The number of piperidine rings is 1. The number of ketones is 1. The molecule has 1 aliphatic heterocycles. The molecule has 1 saturated heterocycles. The van der Waals surface area contributed by atoms with Crippen molar-refractivity contribution in [3.05, 3.63) is 35.4 Å². The summed E-state index contributed by atoms with van der Waals surface area (Å²) < 4.78 is 0. The third kappa shape index (κ3) is 1.99. The van der Waals surface area contributed by atoms with Crippen LogP contribution in [0.25, 0.3) is 0 Å². The Hall–Kier alpha value is -1.15. The van der Waals surface area contributed by atoms with Crippen LogP contribution in [0.3, 0.4) is 0 Å². The van der Waals surface area contributed by atoms with Gasteiger partial charge in [0, 0.05) is 17.5 Å². The molecule has 96 valence electrons. The fraction of sp³-hybridized carbons (Fsp3) is 0.562. The van der Waals surface area contributed by atoms with E-state index >= 15 is 0 Å². The number of fused-ring (bicyclic) bond motifs is 1. The maximum Gasteiger partial charge on any atom is 0.167 e. The molecular formula is C16H21NO. The third-order valence-corrected chi connectivity index (χ3v) is 4.54. The zero-order valence-corrected chi connectivity index (χ0v) is 11.0. The molecule has 0 aromatic heterocycles. The highest BCUT2D eigenvalue weighted by Crippen LogP contribution is 2.37. The van der Waals surface area contributed by atoms with E-state index in [1.165, 1.54) is 18.4 Å². The summed E-state index contributed by atoms with van der Waals surface area (Å²) in [7, 11) is 0. The molecule has 0 radical (unpaired) electrons. The van der Waals surface area contributed by atoms with E-state index in [-0.39, 0.29) is 5.92 Å². The Bertz CT molecular complexity index is 448. The van der Waals surface area contributed by atoms with Crippen molar-refractivity contribution >= 4 is 5.78 Å². The van der Waals surface area contributed by atoms with Crippen molar-refractivity contribution in [3.8, 4) is 0 Å². The number of nitrogens with one attached hydrogen (secondary N) is 1. The zero-order valence-electron chi connectivity index (χ0n) is 11.0. The van der Waals surface area contributed by atoms with Gasteiger partial charge in [-0.3, -0.25) is 4.79 Å². The number of carbonyl (C=O) groups is 1. The molecule has 0 spiro atoms. The Labute approximate surface area is 109 Å². The first-order chi connectivity index (χ1) is 8.77. The van der Waals surface area contributed by atoms with Gasteiger partial charge in [0.05, 0.1) is 0 Å². The molecule has 0 saturated carbocycles. The van der Waals surface area contributed by atoms with Crippen LogP contribution in [-0.2, 0) is 0 Å². The van der Waals surface area contributed by atoms with Crippen LogP contribution in [0.1, 0.15) is 54.4 Å². The van der Waals surface area contributed by atoms with Gasteiger partial charge < -0.3 is 5.32 Å². The van der Waals surface area contributed by atoms with Crippen molar-refractivity contribution in [1.29, 1.82) is 0 Å². The van der Waals surface area contributed by atoms with Gasteiger partial charge >= 0.3 is 0 Å². The average molecular weight is 243 g/mol. The summed E-state index contributed by atoms with van der Waals surface area (Å²) >= 11 is 0. The molecule has 2 nitrogen and oxygen atoms in total. The molecule has 3 atom stereocenters. The quantitative estimate of drug-likeness (QED) is 0.821. The summed E-state index contributed by atoms with van der Waals surface area (Å²) in [6.07, 6.45) is 4.68. The number of carbonyl (C=O) groups excluding carboxylic acids is 1. The molecule has 1 aromatic carbocycles. The zero-order chi connectivity index (χ0) is 12.5. The second kappa shape index (κ2) is 4.85. The monoisotopic (exact) mass is 243 g/mol. The first kappa shape index (κ1) is 11.9. The van der Waals surface area contributed by atoms with Gasteiger partial charge in [0.15, 0.2) is 5.78 Å². The van der Waals surface area contributed by atoms with Crippen molar-refractivity contribution in [3.63, 3.8) is 0 Å². The van der Waals surface area contributed by atoms with Crippen LogP contribution in [0.5, 0.6) is 0 Å². The molecule has 3 unspecified atom stereocenters. The second-order valence-electron chi connectivity index (χ2n) is 5.75. The van der Waals surface area contributed by atoms with Crippen LogP contribution in [0.4, 0.5) is 0 Å². The molecular weight excluding hydrogens is 222 g/mol. The van der Waals surface area contributed by atoms with Crippen LogP contribution in [-0.4, -0.2) is 18.4 Å². The minimum absolute atomic E-state index is 0.190. The molecule has 1 fully saturated rings. The molecule has 1 N–H and O–H groups in total. The molecule has 0 amide bonds. The van der Waals surface area contributed by atoms with E-state index in [0.29, 0.717) is 17.7 Å². The second-order valence-corrected chi connectivity index (χ2v) is 5.75. The normalized spacial score (nSPS) is 32.1. The van der Waals surface area contributed by atoms with Gasteiger partial charge in [-0.1, -0.05) is 37.6 Å². The summed E-state index contributed by atoms with van der Waals surface area (Å²) in [5.74, 6) is 1.06. The van der Waals surface area contributed by atoms with E-state index in [1.54, 1.807) is 0 Å². The lowest BCUT2D eigenvalue weighted by Crippen LogP contribution is -2.45. The molecule has 2 aliphatic rings. The molecule has 3 rings (SSSR count). The summed E-state index contributed by atoms with van der Waals surface area (Å²) in [4.78, 5) is 12.6. The molecule has 1 heterocycles. The van der Waals surface area contributed by atoms with Gasteiger partial charge in [-0.15, -0.1) is 0 Å². The summed E-state index contributed by atoms with van der Waals surface area (Å²) in [6.45, 7) is 3.32. The Morgan fingerprint density at radius 1 is 1.22 bits per heavy atom. The lowest BCUT2D eigenvalue weighted by molar-refractivity contribution is 0.0844. The van der Waals surface area contributed by atoms with Crippen molar-refractivity contribution < 1.29 is 4.79 Å². The molecule has 1 aliphatic carbocycles. The fourth-order valence-corrected chi connectivity index (χ4v) is 3.53. The van der Waals surface area contributed by atoms with Gasteiger partial charge in [0.2, 0.25) is 0 Å². The highest BCUT2D eigenvalue weighted by molar-refractivity contribution is 6.00. The van der Waals surface area contributed by atoms with E-state index in [0.717, 1.165) is 24.9 Å². The van der Waals surface area contributed by atoms with Gasteiger partial charge in [0.25, 0.3) is 0 Å². The SMILES string of the molecule is CC1CC(C2CCCCN2)C(=O)c2ccccc21. The maximum atomic E-state index is 12.6. The van der Waals surface area contributed by atoms with E-state index in [1.807, 2.05) is 18.2 Å². The minimum Gasteiger partial charge on any atom is -0.313 e. The van der Waals surface area contributed by atoms with E-state index in [2.05, 4.69) is 18.3 Å². The van der Waals surface area contributed by atoms with Crippen LogP contribution >= 0.6 is 0 Å². The summed E-state index contributed by atoms with van der Waals surface area (Å²) in [5.41, 5.74) is 2.21. The Kier molecular flexibility index (Phi) is 3.21. The predicted molar refractivity (Wildman–Crippen MR) is 72.9 cm³/mol. The van der Waals surface area contributed by atoms with Gasteiger partial charge in [-0.05, 0) is 37.3 Å². The highest BCUT2D eigenvalue weighted by Gasteiger charge is 2.36. The van der Waals surface area contributed by atoms with E-state index in [9.17, 15) is 4.79 Å². The van der Waals surface area contributed by atoms with Crippen molar-refractivity contribution in [2.24, 2.45) is 5.92 Å². The predicted octanol–water partition coefficient (Wildman–Crippen LogP) is 3.13. The van der Waals surface area contributed by atoms with E-state index < -0.39 is 0 Å². The first-order valence-electron chi connectivity index (χ1n) is 7.14. The summed E-state index contributed by atoms with van der Waals surface area (Å²) in [5, 5.41) is 3.55. The third-order valence-electron chi connectivity index (χ3n) is 4.54. The smallest absolute Gasteiger partial charge is 0.167 e. The van der Waals surface area contributed by atoms with Crippen molar-refractivity contribution in [1.82, 2.24) is 5.32 Å². The topological polar surface area (TPSA) is 29.1 Å². The summed E-state index contributed by atoms with van der Waals surface area (Å²) in [6, 6.07) is 8.55. The number of hydrogen-bond acceptors (Lipinski definition) is 2. The average Bonchev–Trinajstić information content (AvgIpc) is 2.44. The molecule has 18 heavy (non-hydrogen) atoms. The molecule has 2 heteroatoms.